The zero-order valence-electron chi connectivity index (χ0n) is 31.0. The number of thioether (sulfide) groups is 1. The minimum Gasteiger partial charge on any atom is -0.376 e. The molecule has 12 nitrogen and oxygen atoms in total. The van der Waals surface area contributed by atoms with Crippen LogP contribution in [-0.2, 0) is 14.8 Å². The van der Waals surface area contributed by atoms with Gasteiger partial charge in [0, 0.05) is 53.6 Å². The Bertz CT molecular complexity index is 1860. The molecule has 3 aromatic rings. The molecule has 2 amide bonds. The average molecular weight is 777 g/mol. The number of piperidine rings is 1. The van der Waals surface area contributed by atoms with E-state index < -0.39 is 26.5 Å². The molecule has 1 aliphatic carbocycles. The van der Waals surface area contributed by atoms with Crippen LogP contribution in [0.25, 0.3) is 0 Å². The van der Waals surface area contributed by atoms with E-state index in [-0.39, 0.29) is 34.1 Å². The summed E-state index contributed by atoms with van der Waals surface area (Å²) in [6, 6.07) is 20.2. The summed E-state index contributed by atoms with van der Waals surface area (Å²) in [5, 5.41) is 18.6. The smallest absolute Gasteiger partial charge is 0.293 e. The van der Waals surface area contributed by atoms with Gasteiger partial charge in [-0.1, -0.05) is 31.0 Å². The molecule has 14 heteroatoms. The number of unbranched alkanes of at least 4 members (excludes halogenated alkanes) is 1. The van der Waals surface area contributed by atoms with E-state index in [4.69, 9.17) is 0 Å². The fraction of sp³-hybridized carbons (Fsp3) is 0.500. The Hall–Kier alpha value is -4.14. The Kier molecular flexibility index (Phi) is 13.2. The molecular weight excluding hydrogens is 725 g/mol. The van der Waals surface area contributed by atoms with E-state index >= 15 is 0 Å². The first kappa shape index (κ1) is 39.6. The van der Waals surface area contributed by atoms with Crippen molar-refractivity contribution in [3.63, 3.8) is 0 Å². The van der Waals surface area contributed by atoms with Gasteiger partial charge in [0.2, 0.25) is 5.91 Å². The number of carbonyl (C=O) groups is 2. The second kappa shape index (κ2) is 18.0. The lowest BCUT2D eigenvalue weighted by Crippen LogP contribution is -2.41. The van der Waals surface area contributed by atoms with Crippen molar-refractivity contribution in [3.05, 3.63) is 88.5 Å². The van der Waals surface area contributed by atoms with Crippen LogP contribution in [0, 0.1) is 15.5 Å². The summed E-state index contributed by atoms with van der Waals surface area (Å²) in [4.78, 5) is 42.4. The van der Waals surface area contributed by atoms with Crippen LogP contribution in [0.1, 0.15) is 81.0 Å². The average Bonchev–Trinajstić information content (AvgIpc) is 3.82. The lowest BCUT2D eigenvalue weighted by molar-refractivity contribution is -0.384. The highest BCUT2D eigenvalue weighted by molar-refractivity contribution is 7.99. The van der Waals surface area contributed by atoms with Gasteiger partial charge in [-0.25, -0.2) is 13.1 Å². The normalized spacial score (nSPS) is 19.1. The van der Waals surface area contributed by atoms with Gasteiger partial charge in [0.05, 0.1) is 15.9 Å². The van der Waals surface area contributed by atoms with Gasteiger partial charge >= 0.3 is 0 Å². The van der Waals surface area contributed by atoms with Crippen LogP contribution in [0.2, 0.25) is 0 Å². The number of hydrogen-bond acceptors (Lipinski definition) is 10. The molecule has 6 rings (SSSR count). The highest BCUT2D eigenvalue weighted by Gasteiger charge is 2.37. The Morgan fingerprint density at radius 2 is 1.67 bits per heavy atom. The van der Waals surface area contributed by atoms with E-state index in [1.54, 1.807) is 23.9 Å². The van der Waals surface area contributed by atoms with Gasteiger partial charge in [-0.15, -0.1) is 11.8 Å². The Morgan fingerprint density at radius 1 is 0.944 bits per heavy atom. The Balaban J connectivity index is 1.07. The minimum absolute atomic E-state index is 0.0497. The van der Waals surface area contributed by atoms with Gasteiger partial charge in [-0.3, -0.25) is 24.6 Å². The number of nitro benzene ring substituents is 1. The summed E-state index contributed by atoms with van der Waals surface area (Å²) in [6.07, 6.45) is 11.7. The van der Waals surface area contributed by atoms with Crippen LogP contribution >= 0.6 is 11.8 Å². The third-order valence-electron chi connectivity index (χ3n) is 11.3. The van der Waals surface area contributed by atoms with E-state index in [0.29, 0.717) is 24.1 Å². The Labute approximate surface area is 323 Å². The molecule has 2 heterocycles. The number of benzene rings is 3. The molecule has 0 radical (unpaired) electrons. The molecule has 2 aliphatic heterocycles. The number of carbonyl (C=O) groups excluding carboxylic acids is 2. The molecular formula is C40H52N6O6S2. The molecule has 3 aliphatic rings. The van der Waals surface area contributed by atoms with Crippen molar-refractivity contribution in [1.82, 2.24) is 14.9 Å². The minimum atomic E-state index is -4.42. The molecule has 290 valence electrons. The summed E-state index contributed by atoms with van der Waals surface area (Å²) >= 11 is 1.62. The van der Waals surface area contributed by atoms with Crippen LogP contribution in [-0.4, -0.2) is 81.1 Å². The number of amides is 2. The van der Waals surface area contributed by atoms with Crippen LogP contribution in [0.4, 0.5) is 17.1 Å². The summed E-state index contributed by atoms with van der Waals surface area (Å²) in [6.45, 7) is 3.40. The van der Waals surface area contributed by atoms with Gasteiger partial charge in [0.15, 0.2) is 0 Å². The van der Waals surface area contributed by atoms with E-state index in [2.05, 4.69) is 25.2 Å². The van der Waals surface area contributed by atoms with E-state index in [0.717, 1.165) is 62.0 Å². The van der Waals surface area contributed by atoms with Crippen LogP contribution in [0.15, 0.2) is 82.6 Å². The largest absolute Gasteiger partial charge is 0.376 e. The lowest BCUT2D eigenvalue weighted by Gasteiger charge is -2.40. The summed E-state index contributed by atoms with van der Waals surface area (Å²) in [5.41, 5.74) is 1.46. The predicted octanol–water partition coefficient (Wildman–Crippen LogP) is 6.83. The molecule has 1 spiro atoms. The number of nitrogens with zero attached hydrogens (tertiary/aromatic N) is 3. The van der Waals surface area contributed by atoms with Gasteiger partial charge in [-0.05, 0) is 125 Å². The van der Waals surface area contributed by atoms with Gasteiger partial charge in [-0.2, -0.15) is 0 Å². The molecule has 3 N–H and O–H groups in total. The maximum atomic E-state index is 13.4. The topological polar surface area (TPSA) is 154 Å². The van der Waals surface area contributed by atoms with Crippen LogP contribution < -0.4 is 20.3 Å². The Morgan fingerprint density at radius 3 is 2.33 bits per heavy atom. The number of nitro groups is 1. The SMILES string of the molecule is CN1CCC[C@H]1C(=O)NCCCCC(CSc1ccccc1)Nc1ccc(S(=O)(=O)NC(=O)c2ccc(N3CCC4(CCCC4)CC3)cc2)cc1[N+](=O)[O-]. The fourth-order valence-corrected chi connectivity index (χ4v) is 10.1. The van der Waals surface area contributed by atoms with E-state index in [1.807, 2.05) is 49.5 Å². The van der Waals surface area contributed by atoms with Crippen molar-refractivity contribution in [1.29, 1.82) is 0 Å². The zero-order chi connectivity index (χ0) is 38.1. The van der Waals surface area contributed by atoms with Crippen molar-refractivity contribution in [2.24, 2.45) is 5.41 Å². The summed E-state index contributed by atoms with van der Waals surface area (Å²) in [7, 11) is -2.45. The molecule has 2 saturated heterocycles. The maximum Gasteiger partial charge on any atom is 0.293 e. The van der Waals surface area contributed by atoms with Gasteiger partial charge < -0.3 is 15.5 Å². The second-order valence-corrected chi connectivity index (χ2v) is 17.8. The van der Waals surface area contributed by atoms with Crippen molar-refractivity contribution < 1.29 is 22.9 Å². The first-order chi connectivity index (χ1) is 26.0. The summed E-state index contributed by atoms with van der Waals surface area (Å²) < 4.78 is 28.8. The highest BCUT2D eigenvalue weighted by atomic mass is 32.2. The molecule has 0 aromatic heterocycles. The number of sulfonamides is 1. The fourth-order valence-electron chi connectivity index (χ4n) is 8.10. The number of likely N-dealkylation sites (tertiary alicyclic amines) is 1. The number of hydrogen-bond donors (Lipinski definition) is 3. The van der Waals surface area contributed by atoms with E-state index in [1.165, 1.54) is 50.7 Å². The van der Waals surface area contributed by atoms with Gasteiger partial charge in [0.1, 0.15) is 5.69 Å². The van der Waals surface area contributed by atoms with Crippen molar-refractivity contribution in [2.75, 3.05) is 49.2 Å². The molecule has 3 fully saturated rings. The van der Waals surface area contributed by atoms with Crippen molar-refractivity contribution >= 4 is 50.7 Å². The number of nitrogens with one attached hydrogen (secondary N) is 3. The monoisotopic (exact) mass is 776 g/mol. The van der Waals surface area contributed by atoms with Crippen LogP contribution in [0.3, 0.4) is 0 Å². The molecule has 3 aromatic carbocycles. The van der Waals surface area contributed by atoms with Crippen LogP contribution in [0.5, 0.6) is 0 Å². The zero-order valence-corrected chi connectivity index (χ0v) is 32.6. The van der Waals surface area contributed by atoms with Crippen molar-refractivity contribution in [2.45, 2.75) is 92.5 Å². The molecule has 1 saturated carbocycles. The first-order valence-electron chi connectivity index (χ1n) is 19.1. The lowest BCUT2D eigenvalue weighted by atomic mass is 9.77. The molecule has 0 bridgehead atoms. The second-order valence-electron chi connectivity index (χ2n) is 15.0. The van der Waals surface area contributed by atoms with Gasteiger partial charge in [0.25, 0.3) is 21.6 Å². The first-order valence-corrected chi connectivity index (χ1v) is 21.6. The quantitative estimate of drug-likeness (QED) is 0.0611. The van der Waals surface area contributed by atoms with E-state index in [9.17, 15) is 28.1 Å². The predicted molar refractivity (Wildman–Crippen MR) is 214 cm³/mol. The third kappa shape index (κ3) is 10.1. The molecule has 54 heavy (non-hydrogen) atoms. The number of anilines is 2. The molecule has 1 unspecified atom stereocenters. The third-order valence-corrected chi connectivity index (χ3v) is 13.8. The number of rotatable bonds is 16. The molecule has 2 atom stereocenters. The number of likely N-dealkylation sites (N-methyl/N-ethyl adjacent to an activating group) is 1. The van der Waals surface area contributed by atoms with Crippen molar-refractivity contribution in [3.8, 4) is 0 Å². The highest BCUT2D eigenvalue weighted by Crippen LogP contribution is 2.46. The summed E-state index contributed by atoms with van der Waals surface area (Å²) in [5.74, 6) is -0.151. The maximum absolute atomic E-state index is 13.4. The standard InChI is InChI=1S/C40H52N6O6S2/c1-44-25-9-13-36(44)39(48)41-24-8-5-10-31(29-53-33-11-3-2-4-12-33)42-35-19-18-34(28-37(35)46(49)50)54(51,52)43-38(47)30-14-16-32(17-15-30)45-26-22-40(23-27-45)20-6-7-21-40/h2-4,11-12,14-19,28,31,36,42H,5-10,13,20-27,29H2,1H3,(H,41,48)(H,43,47)/t31?,36-/m0/s1.